The number of aromatic nitrogens is 1. The number of aryl methyl sites for hydroxylation is 1. The Morgan fingerprint density at radius 1 is 1.33 bits per heavy atom. The van der Waals surface area contributed by atoms with Crippen molar-refractivity contribution in [2.45, 2.75) is 38.5 Å². The van der Waals surface area contributed by atoms with Gasteiger partial charge in [0.05, 0.1) is 18.7 Å². The number of rotatable bonds is 12. The molecule has 0 aliphatic rings. The van der Waals surface area contributed by atoms with Crippen LogP contribution in [0.25, 0.3) is 10.9 Å². The van der Waals surface area contributed by atoms with Crippen LogP contribution in [0, 0.1) is 0 Å². The Balaban J connectivity index is 1.80. The summed E-state index contributed by atoms with van der Waals surface area (Å²) < 4.78 is 14.9. The van der Waals surface area contributed by atoms with Gasteiger partial charge in [0.2, 0.25) is 12.0 Å². The molecule has 0 saturated heterocycles. The average molecular weight is 435 g/mol. The summed E-state index contributed by atoms with van der Waals surface area (Å²) in [5.41, 5.74) is 2.98. The first-order valence-corrected chi connectivity index (χ1v) is 11.2. The number of fused-ring (bicyclic) bond motifs is 1. The van der Waals surface area contributed by atoms with E-state index in [0.717, 1.165) is 22.0 Å². The van der Waals surface area contributed by atoms with Crippen LogP contribution in [-0.4, -0.2) is 46.5 Å². The molecule has 2 aromatic rings. The molecule has 1 heterocycles. The van der Waals surface area contributed by atoms with Crippen molar-refractivity contribution in [1.82, 2.24) is 10.3 Å². The van der Waals surface area contributed by atoms with Crippen LogP contribution in [-0.2, 0) is 25.1 Å². The molecule has 1 unspecified atom stereocenters. The number of carbonyl (C=O) groups excluding carboxylic acids is 2. The number of phosphoric ester groups is 1. The third-order valence-electron chi connectivity index (χ3n) is 4.53. The molecular formula is C20H26N3O6P. The molecule has 1 aromatic heterocycles. The van der Waals surface area contributed by atoms with Crippen LogP contribution >= 0.6 is 7.82 Å². The van der Waals surface area contributed by atoms with Gasteiger partial charge < -0.3 is 15.1 Å². The molecule has 0 spiro atoms. The minimum absolute atomic E-state index is 0.107. The van der Waals surface area contributed by atoms with Gasteiger partial charge in [0, 0.05) is 30.5 Å². The van der Waals surface area contributed by atoms with E-state index in [1.807, 2.05) is 25.1 Å². The zero-order valence-electron chi connectivity index (χ0n) is 16.8. The number of nitrogens with zero attached hydrogens (tertiary/aromatic N) is 2. The summed E-state index contributed by atoms with van der Waals surface area (Å²) in [6.45, 7) is 2.57. The second-order valence-electron chi connectivity index (χ2n) is 7.01. The summed E-state index contributed by atoms with van der Waals surface area (Å²) in [5, 5.41) is 3.70. The van der Waals surface area contributed by atoms with Crippen LogP contribution < -0.4 is 5.32 Å². The second kappa shape index (κ2) is 11.7. The molecule has 9 nitrogen and oxygen atoms in total. The number of carbonyl (C=O) groups is 1. The molecule has 3 N–H and O–H groups in total. The Hall–Kier alpha value is -2.41. The van der Waals surface area contributed by atoms with Crippen LogP contribution in [0.2, 0.25) is 0 Å². The lowest BCUT2D eigenvalue weighted by Crippen LogP contribution is -2.24. The smallest absolute Gasteiger partial charge is 0.356 e. The van der Waals surface area contributed by atoms with Gasteiger partial charge in [-0.25, -0.2) is 14.4 Å². The number of amides is 1. The molecular weight excluding hydrogens is 409 g/mol. The van der Waals surface area contributed by atoms with E-state index in [1.54, 1.807) is 12.3 Å². The number of hydrogen-bond donors (Lipinski definition) is 3. The normalized spacial score (nSPS) is 12.4. The molecule has 0 fully saturated rings. The van der Waals surface area contributed by atoms with Crippen molar-refractivity contribution in [3.05, 3.63) is 41.6 Å². The number of benzene rings is 1. The summed E-state index contributed by atoms with van der Waals surface area (Å²) >= 11 is 0. The number of nitrogens with one attached hydrogen (secondary N) is 1. The minimum atomic E-state index is -4.45. The molecule has 0 radical (unpaired) electrons. The number of aliphatic imine (C=N–C) groups is 1. The summed E-state index contributed by atoms with van der Waals surface area (Å²) in [6, 6.07) is 8.02. The molecule has 1 aromatic carbocycles. The van der Waals surface area contributed by atoms with Gasteiger partial charge in [-0.3, -0.25) is 14.3 Å². The van der Waals surface area contributed by atoms with Crippen molar-refractivity contribution in [2.24, 2.45) is 4.99 Å². The Labute approximate surface area is 174 Å². The van der Waals surface area contributed by atoms with Crippen molar-refractivity contribution in [3.8, 4) is 0 Å². The van der Waals surface area contributed by atoms with Crippen molar-refractivity contribution < 1.29 is 28.5 Å². The van der Waals surface area contributed by atoms with Gasteiger partial charge in [-0.05, 0) is 48.6 Å². The molecule has 1 amide bonds. The van der Waals surface area contributed by atoms with Crippen molar-refractivity contribution in [1.29, 1.82) is 0 Å². The fourth-order valence-electron chi connectivity index (χ4n) is 2.94. The highest BCUT2D eigenvalue weighted by Crippen LogP contribution is 2.35. The molecule has 0 aliphatic heterocycles. The fourth-order valence-corrected chi connectivity index (χ4v) is 3.31. The van der Waals surface area contributed by atoms with Gasteiger partial charge in [0.15, 0.2) is 0 Å². The molecule has 2 rings (SSSR count). The first kappa shape index (κ1) is 23.9. The first-order chi connectivity index (χ1) is 14.3. The predicted molar refractivity (Wildman–Crippen MR) is 112 cm³/mol. The van der Waals surface area contributed by atoms with Crippen LogP contribution in [0.1, 0.15) is 43.2 Å². The van der Waals surface area contributed by atoms with Gasteiger partial charge in [-0.2, -0.15) is 0 Å². The van der Waals surface area contributed by atoms with Gasteiger partial charge in [-0.1, -0.05) is 13.0 Å². The maximum atomic E-state index is 11.9. The van der Waals surface area contributed by atoms with Crippen LogP contribution in [0.3, 0.4) is 0 Å². The highest BCUT2D eigenvalue weighted by molar-refractivity contribution is 7.46. The standard InChI is InChI=1S/C20H26N3O6P/c1-15(12-21-14-24)17-6-7-19-18(11-17)10-16(13-23-19)4-2-5-20(25)22-8-3-9-29-30(26,27)28/h6-7,10-11,13,15H,2-5,8-9,12H2,1H3,(H,22,25)(H2,26,27,28). The zero-order valence-corrected chi connectivity index (χ0v) is 17.7. The van der Waals surface area contributed by atoms with Crippen LogP contribution in [0.5, 0.6) is 0 Å². The molecule has 0 saturated carbocycles. The third kappa shape index (κ3) is 8.53. The summed E-state index contributed by atoms with van der Waals surface area (Å²) in [4.78, 5) is 47.4. The van der Waals surface area contributed by atoms with Crippen LogP contribution in [0.4, 0.5) is 0 Å². The molecule has 0 bridgehead atoms. The fraction of sp³-hybridized carbons (Fsp3) is 0.450. The molecule has 30 heavy (non-hydrogen) atoms. The van der Waals surface area contributed by atoms with Crippen LogP contribution in [0.15, 0.2) is 35.5 Å². The van der Waals surface area contributed by atoms with Crippen molar-refractivity contribution in [2.75, 3.05) is 19.7 Å². The van der Waals surface area contributed by atoms with E-state index in [1.165, 1.54) is 0 Å². The maximum absolute atomic E-state index is 11.9. The zero-order chi connectivity index (χ0) is 22.0. The summed E-state index contributed by atoms with van der Waals surface area (Å²) in [5.74, 6) is -0.0120. The topological polar surface area (TPSA) is 138 Å². The highest BCUT2D eigenvalue weighted by Gasteiger charge is 2.12. The monoisotopic (exact) mass is 435 g/mol. The van der Waals surface area contributed by atoms with Crippen molar-refractivity contribution in [3.63, 3.8) is 0 Å². The summed E-state index contributed by atoms with van der Waals surface area (Å²) in [7, 11) is -4.45. The predicted octanol–water partition coefficient (Wildman–Crippen LogP) is 2.61. The Morgan fingerprint density at radius 2 is 2.13 bits per heavy atom. The molecule has 0 aliphatic carbocycles. The summed E-state index contributed by atoms with van der Waals surface area (Å²) in [6.07, 6.45) is 5.39. The van der Waals surface area contributed by atoms with Gasteiger partial charge in [-0.15, -0.1) is 0 Å². The molecule has 162 valence electrons. The van der Waals surface area contributed by atoms with Gasteiger partial charge in [0.25, 0.3) is 0 Å². The minimum Gasteiger partial charge on any atom is -0.356 e. The van der Waals surface area contributed by atoms with E-state index in [-0.39, 0.29) is 18.4 Å². The number of pyridine rings is 1. The van der Waals surface area contributed by atoms with Gasteiger partial charge in [0.1, 0.15) is 0 Å². The first-order valence-electron chi connectivity index (χ1n) is 9.67. The number of hydrogen-bond acceptors (Lipinski definition) is 6. The van der Waals surface area contributed by atoms with Crippen molar-refractivity contribution >= 4 is 30.7 Å². The molecule has 10 heteroatoms. The van der Waals surface area contributed by atoms with Gasteiger partial charge >= 0.3 is 7.82 Å². The highest BCUT2D eigenvalue weighted by atomic mass is 31.2. The van der Waals surface area contributed by atoms with E-state index >= 15 is 0 Å². The van der Waals surface area contributed by atoms with E-state index in [2.05, 4.69) is 25.9 Å². The second-order valence-corrected chi connectivity index (χ2v) is 8.25. The third-order valence-corrected chi connectivity index (χ3v) is 5.05. The van der Waals surface area contributed by atoms with E-state index in [4.69, 9.17) is 9.79 Å². The average Bonchev–Trinajstić information content (AvgIpc) is 2.70. The largest absolute Gasteiger partial charge is 0.469 e. The lowest BCUT2D eigenvalue weighted by Gasteiger charge is -2.10. The van der Waals surface area contributed by atoms with E-state index < -0.39 is 7.82 Å². The van der Waals surface area contributed by atoms with E-state index in [0.29, 0.717) is 38.8 Å². The molecule has 1 atom stereocenters. The Morgan fingerprint density at radius 3 is 2.87 bits per heavy atom. The number of phosphoric acid groups is 1. The SMILES string of the molecule is CC(CN=C=O)c1ccc2ncc(CCCC(=O)NCCCOP(=O)(O)O)cc2c1. The Kier molecular flexibility index (Phi) is 9.30. The maximum Gasteiger partial charge on any atom is 0.469 e. The Bertz CT molecular complexity index is 955. The lowest BCUT2D eigenvalue weighted by molar-refractivity contribution is -0.121. The van der Waals surface area contributed by atoms with E-state index in [9.17, 15) is 14.2 Å². The number of isocyanates is 1. The lowest BCUT2D eigenvalue weighted by atomic mass is 9.98. The quantitative estimate of drug-likeness (QED) is 0.202.